The predicted molar refractivity (Wildman–Crippen MR) is 279 cm³/mol. The average molecular weight is 906 g/mol. The molecule has 0 saturated carbocycles. The molecular formula is C61H44BN5O3. The topological polar surface area (TPSA) is 57.6 Å². The zero-order valence-corrected chi connectivity index (χ0v) is 39.3. The lowest BCUT2D eigenvalue weighted by atomic mass is 9.33. The molecular weight excluding hydrogens is 862 g/mol. The minimum Gasteiger partial charge on any atom is -0.458 e. The summed E-state index contributed by atoms with van der Waals surface area (Å²) in [5.41, 5.74) is 16.2. The van der Waals surface area contributed by atoms with Gasteiger partial charge in [-0.25, -0.2) is 4.98 Å². The summed E-state index contributed by atoms with van der Waals surface area (Å²) in [7, 11) is 0. The van der Waals surface area contributed by atoms with Gasteiger partial charge in [-0.2, -0.15) is 0 Å². The summed E-state index contributed by atoms with van der Waals surface area (Å²) in [5, 5.41) is 2.03. The first-order valence-corrected chi connectivity index (χ1v) is 24.1. The number of aromatic nitrogens is 4. The molecule has 4 aliphatic rings. The number of fused-ring (bicyclic) bond motifs is 6. The monoisotopic (exact) mass is 905 g/mol. The summed E-state index contributed by atoms with van der Waals surface area (Å²) in [4.78, 5) is 7.43. The van der Waals surface area contributed by atoms with Crippen molar-refractivity contribution in [2.75, 3.05) is 4.90 Å². The first-order valence-electron chi connectivity index (χ1n) is 24.1. The molecule has 8 aromatic carbocycles. The molecule has 0 saturated heterocycles. The Morgan fingerprint density at radius 3 is 2.11 bits per heavy atom. The maximum absolute atomic E-state index is 7.28. The van der Waals surface area contributed by atoms with Gasteiger partial charge in [0.1, 0.15) is 40.3 Å². The minimum atomic E-state index is -0.256. The summed E-state index contributed by atoms with van der Waals surface area (Å²) in [5.74, 6) is 5.51. The van der Waals surface area contributed by atoms with Gasteiger partial charge >= 0.3 is 0 Å². The van der Waals surface area contributed by atoms with Gasteiger partial charge < -0.3 is 19.1 Å². The highest BCUT2D eigenvalue weighted by Crippen LogP contribution is 2.50. The normalized spacial score (nSPS) is 14.4. The molecule has 0 atom stereocenters. The molecule has 11 aromatic rings. The third kappa shape index (κ3) is 5.32. The average Bonchev–Trinajstić information content (AvgIpc) is 3.93. The molecule has 0 amide bonds. The highest BCUT2D eigenvalue weighted by Gasteiger charge is 2.48. The van der Waals surface area contributed by atoms with Gasteiger partial charge in [0, 0.05) is 51.7 Å². The lowest BCUT2D eigenvalue weighted by molar-refractivity contribution is -0.572. The van der Waals surface area contributed by atoms with Crippen LogP contribution in [-0.4, -0.2) is 20.8 Å². The van der Waals surface area contributed by atoms with Crippen LogP contribution in [0.1, 0.15) is 51.3 Å². The Bertz CT molecular complexity index is 4060. The zero-order chi connectivity index (χ0) is 46.8. The molecule has 0 fully saturated rings. The van der Waals surface area contributed by atoms with Crippen LogP contribution < -0.4 is 40.1 Å². The SMILES string of the molecule is CC(C)(C)c1ccnc(-n2c3cc(Oc4ccc5c(c4)-n4[c-][n+](-c6ccccc6)c6cccc(c64)C5(C)C)ccc3c3c4c5c(cc32)Oc2cccc3c2B5c2c(cccc2N3c2ccccc2)O4)c1. The van der Waals surface area contributed by atoms with E-state index in [1.807, 2.05) is 12.3 Å². The van der Waals surface area contributed by atoms with Crippen molar-refractivity contribution in [1.82, 2.24) is 14.1 Å². The Hall–Kier alpha value is -8.56. The second kappa shape index (κ2) is 13.8. The molecule has 70 heavy (non-hydrogen) atoms. The molecule has 3 aromatic heterocycles. The van der Waals surface area contributed by atoms with Crippen molar-refractivity contribution >= 4 is 73.0 Å². The van der Waals surface area contributed by atoms with E-state index in [1.54, 1.807) is 0 Å². The molecule has 8 nitrogen and oxygen atoms in total. The van der Waals surface area contributed by atoms with Crippen LogP contribution in [0, 0.1) is 6.33 Å². The van der Waals surface area contributed by atoms with E-state index in [-0.39, 0.29) is 17.5 Å². The van der Waals surface area contributed by atoms with Gasteiger partial charge in [-0.05, 0) is 118 Å². The number of rotatable bonds is 5. The van der Waals surface area contributed by atoms with Gasteiger partial charge in [-0.1, -0.05) is 107 Å². The third-order valence-electron chi connectivity index (χ3n) is 15.2. The largest absolute Gasteiger partial charge is 0.458 e. The Morgan fingerprint density at radius 1 is 0.629 bits per heavy atom. The fourth-order valence-electron chi connectivity index (χ4n) is 11.9. The second-order valence-corrected chi connectivity index (χ2v) is 20.6. The van der Waals surface area contributed by atoms with Gasteiger partial charge in [0.25, 0.3) is 13.0 Å². The number of benzene rings is 8. The van der Waals surface area contributed by atoms with Crippen LogP contribution in [0.3, 0.4) is 0 Å². The number of hydrogen-bond acceptors (Lipinski definition) is 5. The fraction of sp³-hybridized carbons (Fsp3) is 0.115. The molecule has 0 spiro atoms. The number of hydrogen-bond donors (Lipinski definition) is 0. The van der Waals surface area contributed by atoms with Crippen molar-refractivity contribution in [2.45, 2.75) is 45.4 Å². The van der Waals surface area contributed by atoms with E-state index >= 15 is 0 Å². The van der Waals surface area contributed by atoms with E-state index in [0.717, 1.165) is 112 Å². The quantitative estimate of drug-likeness (QED) is 0.0978. The summed E-state index contributed by atoms with van der Waals surface area (Å²) in [6, 6.07) is 59.9. The van der Waals surface area contributed by atoms with Gasteiger partial charge in [0.15, 0.2) is 0 Å². The molecule has 0 aliphatic carbocycles. The summed E-state index contributed by atoms with van der Waals surface area (Å²) < 4.78 is 27.9. The molecule has 15 rings (SSSR count). The van der Waals surface area contributed by atoms with Gasteiger partial charge in [0.05, 0.1) is 38.8 Å². The van der Waals surface area contributed by atoms with Crippen LogP contribution in [0.15, 0.2) is 176 Å². The first-order chi connectivity index (χ1) is 34.1. The van der Waals surface area contributed by atoms with E-state index in [0.29, 0.717) is 5.75 Å². The van der Waals surface area contributed by atoms with Crippen LogP contribution in [-0.2, 0) is 10.8 Å². The Kier molecular flexibility index (Phi) is 7.77. The second-order valence-electron chi connectivity index (χ2n) is 20.6. The van der Waals surface area contributed by atoms with E-state index in [2.05, 4.69) is 223 Å². The van der Waals surface area contributed by atoms with Crippen molar-refractivity contribution in [2.24, 2.45) is 0 Å². The van der Waals surface area contributed by atoms with E-state index < -0.39 is 0 Å². The fourth-order valence-corrected chi connectivity index (χ4v) is 11.9. The molecule has 334 valence electrons. The first kappa shape index (κ1) is 39.4. The van der Waals surface area contributed by atoms with Crippen LogP contribution >= 0.6 is 0 Å². The number of pyridine rings is 1. The lowest BCUT2D eigenvalue weighted by Crippen LogP contribution is -2.61. The highest BCUT2D eigenvalue weighted by molar-refractivity contribution is 7.00. The molecule has 4 aliphatic heterocycles. The standard InChI is InChI=1S/C61H44BN5O3/c1-60(2,3)36-29-30-63-53(31-36)67-47-32-39(68-40-26-28-42-48(33-40)65-35-64(37-15-8-6-9-16-37)46-22-12-19-43(58(46)65)61(42,4)5)25-27-41(47)54-49(67)34-52-57-59(54)70-51-24-14-21-45-56(51)62(57)55-44(20-13-23-50(55)69-52)66(45)38-17-10-7-11-18-38/h6-34H,1-5H3. The van der Waals surface area contributed by atoms with Crippen LogP contribution in [0.4, 0.5) is 17.1 Å². The van der Waals surface area contributed by atoms with Crippen molar-refractivity contribution < 1.29 is 18.8 Å². The number of ether oxygens (including phenoxy) is 3. The smallest absolute Gasteiger partial charge is 0.269 e. The summed E-state index contributed by atoms with van der Waals surface area (Å²) >= 11 is 0. The Labute approximate surface area is 405 Å². The van der Waals surface area contributed by atoms with Crippen LogP contribution in [0.5, 0.6) is 34.5 Å². The lowest BCUT2D eigenvalue weighted by Gasteiger charge is -2.42. The van der Waals surface area contributed by atoms with Crippen molar-refractivity contribution in [3.8, 4) is 51.7 Å². The van der Waals surface area contributed by atoms with Gasteiger partial charge in [-0.3, -0.25) is 13.7 Å². The summed E-state index contributed by atoms with van der Waals surface area (Å²) in [6.45, 7) is 11.2. The molecule has 9 heteroatoms. The molecule has 0 unspecified atom stereocenters. The van der Waals surface area contributed by atoms with Gasteiger partial charge in [0.2, 0.25) is 0 Å². The van der Waals surface area contributed by atoms with E-state index in [9.17, 15) is 0 Å². The Balaban J connectivity index is 0.925. The molecule has 7 heterocycles. The van der Waals surface area contributed by atoms with Crippen molar-refractivity contribution in [3.63, 3.8) is 0 Å². The van der Waals surface area contributed by atoms with E-state index in [4.69, 9.17) is 19.2 Å². The highest BCUT2D eigenvalue weighted by atomic mass is 16.5. The minimum absolute atomic E-state index is 0.0977. The number of anilines is 3. The molecule has 0 N–H and O–H groups in total. The zero-order valence-electron chi connectivity index (χ0n) is 39.3. The van der Waals surface area contributed by atoms with Crippen LogP contribution in [0.2, 0.25) is 0 Å². The van der Waals surface area contributed by atoms with Crippen LogP contribution in [0.25, 0.3) is 50.0 Å². The Morgan fingerprint density at radius 2 is 1.34 bits per heavy atom. The summed E-state index contributed by atoms with van der Waals surface area (Å²) in [6.07, 6.45) is 5.64. The maximum atomic E-state index is 7.28. The van der Waals surface area contributed by atoms with E-state index in [1.165, 1.54) is 16.7 Å². The predicted octanol–water partition coefficient (Wildman–Crippen LogP) is 12.4. The maximum Gasteiger partial charge on any atom is 0.269 e. The molecule has 0 radical (unpaired) electrons. The van der Waals surface area contributed by atoms with Crippen molar-refractivity contribution in [3.05, 3.63) is 199 Å². The third-order valence-corrected chi connectivity index (χ3v) is 15.2. The number of imidazole rings is 1. The van der Waals surface area contributed by atoms with Gasteiger partial charge in [-0.15, -0.1) is 0 Å². The number of para-hydroxylation sites is 3. The number of nitrogens with zero attached hydrogens (tertiary/aromatic N) is 5. The molecule has 0 bridgehead atoms. The van der Waals surface area contributed by atoms with Crippen molar-refractivity contribution in [1.29, 1.82) is 0 Å².